The van der Waals surface area contributed by atoms with Crippen molar-refractivity contribution in [1.82, 2.24) is 9.99 Å². The predicted octanol–water partition coefficient (Wildman–Crippen LogP) is 3.63. The Hall–Kier alpha value is -2.94. The molecule has 0 saturated heterocycles. The lowest BCUT2D eigenvalue weighted by Gasteiger charge is -2.25. The van der Waals surface area contributed by atoms with E-state index in [9.17, 15) is 9.18 Å². The van der Waals surface area contributed by atoms with Crippen molar-refractivity contribution in [2.24, 2.45) is 5.10 Å². The van der Waals surface area contributed by atoms with E-state index in [1.54, 1.807) is 6.21 Å². The van der Waals surface area contributed by atoms with Crippen LogP contribution in [0.5, 0.6) is 0 Å². The first kappa shape index (κ1) is 18.4. The number of hydrogen-bond donors (Lipinski definition) is 1. The summed E-state index contributed by atoms with van der Waals surface area (Å²) in [6.45, 7) is 10.3. The highest BCUT2D eigenvalue weighted by molar-refractivity contribution is 5.95. The Balaban J connectivity index is 2.17. The molecule has 130 valence electrons. The number of carbonyl (C=O) groups excluding carboxylic acids is 1. The van der Waals surface area contributed by atoms with Crippen LogP contribution in [0.15, 0.2) is 29.4 Å². The molecule has 0 fully saturated rings. The van der Waals surface area contributed by atoms with E-state index in [1.165, 1.54) is 12.1 Å². The molecule has 1 aromatic heterocycles. The van der Waals surface area contributed by atoms with Gasteiger partial charge >= 0.3 is 0 Å². The highest BCUT2D eigenvalue weighted by Gasteiger charge is 2.19. The summed E-state index contributed by atoms with van der Waals surface area (Å²) in [5.41, 5.74) is 5.27. The molecule has 1 aromatic carbocycles. The molecule has 0 bridgehead atoms. The van der Waals surface area contributed by atoms with E-state index in [0.29, 0.717) is 0 Å². The summed E-state index contributed by atoms with van der Waals surface area (Å²) < 4.78 is 16.0. The lowest BCUT2D eigenvalue weighted by Crippen LogP contribution is -2.24. The largest absolute Gasteiger partial charge is 0.343 e. The second-order valence-corrected chi connectivity index (χ2v) is 6.84. The van der Waals surface area contributed by atoms with Crippen LogP contribution in [0.2, 0.25) is 0 Å². The van der Waals surface area contributed by atoms with Crippen molar-refractivity contribution < 1.29 is 9.18 Å². The monoisotopic (exact) mass is 340 g/mol. The van der Waals surface area contributed by atoms with Gasteiger partial charge in [0.2, 0.25) is 0 Å². The molecule has 0 aliphatic rings. The molecule has 0 aliphatic carbocycles. The van der Waals surface area contributed by atoms with Gasteiger partial charge in [-0.2, -0.15) is 10.4 Å². The number of nitrogens with zero attached hydrogens (tertiary/aromatic N) is 3. The first-order valence-corrected chi connectivity index (χ1v) is 7.87. The number of nitriles is 1. The van der Waals surface area contributed by atoms with Gasteiger partial charge in [0.25, 0.3) is 5.91 Å². The Labute approximate surface area is 146 Å². The second kappa shape index (κ2) is 6.89. The molecule has 0 spiro atoms. The maximum Gasteiger partial charge on any atom is 0.274 e. The number of hydrazone groups is 1. The van der Waals surface area contributed by atoms with Crippen LogP contribution >= 0.6 is 0 Å². The molecule has 2 rings (SSSR count). The fourth-order valence-electron chi connectivity index (χ4n) is 2.94. The van der Waals surface area contributed by atoms with Gasteiger partial charge < -0.3 is 4.57 Å². The average Bonchev–Trinajstić information content (AvgIpc) is 2.80. The van der Waals surface area contributed by atoms with Gasteiger partial charge in [-0.05, 0) is 58.9 Å². The average molecular weight is 340 g/mol. The summed E-state index contributed by atoms with van der Waals surface area (Å²) in [5.74, 6) is -1.42. The maximum atomic E-state index is 13.8. The maximum absolute atomic E-state index is 13.8. The summed E-state index contributed by atoms with van der Waals surface area (Å²) in [6.07, 6.45) is 1.55. The van der Waals surface area contributed by atoms with Gasteiger partial charge in [-0.15, -0.1) is 0 Å². The molecule has 0 saturated carbocycles. The number of benzene rings is 1. The zero-order chi connectivity index (χ0) is 18.8. The topological polar surface area (TPSA) is 70.2 Å². The van der Waals surface area contributed by atoms with Crippen LogP contribution in [-0.2, 0) is 5.54 Å². The highest BCUT2D eigenvalue weighted by atomic mass is 19.1. The molecule has 2 aromatic rings. The van der Waals surface area contributed by atoms with E-state index < -0.39 is 11.7 Å². The van der Waals surface area contributed by atoms with Crippen LogP contribution in [0.4, 0.5) is 4.39 Å². The molecular formula is C19H21FN4O. The van der Waals surface area contributed by atoms with Crippen molar-refractivity contribution in [2.75, 3.05) is 0 Å². The minimum atomic E-state index is -0.752. The Morgan fingerprint density at radius 2 is 2.00 bits per heavy atom. The van der Waals surface area contributed by atoms with Gasteiger partial charge in [0.15, 0.2) is 0 Å². The lowest BCUT2D eigenvalue weighted by atomic mass is 10.1. The number of hydrogen-bond acceptors (Lipinski definition) is 3. The van der Waals surface area contributed by atoms with Crippen LogP contribution in [0.25, 0.3) is 0 Å². The quantitative estimate of drug-likeness (QED) is 0.684. The van der Waals surface area contributed by atoms with Crippen LogP contribution in [0.3, 0.4) is 0 Å². The van der Waals surface area contributed by atoms with Gasteiger partial charge in [0.1, 0.15) is 5.82 Å². The number of amides is 1. The smallest absolute Gasteiger partial charge is 0.274 e. The Morgan fingerprint density at radius 1 is 1.32 bits per heavy atom. The summed E-state index contributed by atoms with van der Waals surface area (Å²) in [7, 11) is 0. The number of carbonyl (C=O) groups is 1. The van der Waals surface area contributed by atoms with Crippen LogP contribution in [0.1, 0.15) is 53.6 Å². The third kappa shape index (κ3) is 3.94. The molecule has 25 heavy (non-hydrogen) atoms. The molecule has 1 N–H and O–H groups in total. The van der Waals surface area contributed by atoms with E-state index in [1.807, 2.05) is 26.0 Å². The van der Waals surface area contributed by atoms with Crippen molar-refractivity contribution in [3.8, 4) is 6.07 Å². The minimum absolute atomic E-state index is 0.0604. The number of aromatic nitrogens is 1. The van der Waals surface area contributed by atoms with Crippen LogP contribution in [0, 0.1) is 31.0 Å². The van der Waals surface area contributed by atoms with Gasteiger partial charge in [-0.3, -0.25) is 4.79 Å². The van der Waals surface area contributed by atoms with E-state index in [2.05, 4.69) is 35.9 Å². The van der Waals surface area contributed by atoms with Gasteiger partial charge in [-0.1, -0.05) is 0 Å². The summed E-state index contributed by atoms with van der Waals surface area (Å²) in [5, 5.41) is 12.7. The SMILES string of the molecule is Cc1cc(/C=N\NC(=O)c2ccc(C#N)cc2F)c(C)n1C(C)(C)C. The van der Waals surface area contributed by atoms with Crippen molar-refractivity contribution in [2.45, 2.75) is 40.2 Å². The summed E-state index contributed by atoms with van der Waals surface area (Å²) in [6, 6.07) is 7.48. The molecule has 0 radical (unpaired) electrons. The zero-order valence-electron chi connectivity index (χ0n) is 15.0. The van der Waals surface area contributed by atoms with Gasteiger partial charge in [0.05, 0.1) is 23.4 Å². The van der Waals surface area contributed by atoms with E-state index in [0.717, 1.165) is 23.0 Å². The van der Waals surface area contributed by atoms with Crippen LogP contribution < -0.4 is 5.43 Å². The van der Waals surface area contributed by atoms with Gasteiger partial charge in [0, 0.05) is 22.5 Å². The summed E-state index contributed by atoms with van der Waals surface area (Å²) in [4.78, 5) is 12.0. The van der Waals surface area contributed by atoms with E-state index in [4.69, 9.17) is 5.26 Å². The first-order valence-electron chi connectivity index (χ1n) is 7.87. The molecular weight excluding hydrogens is 319 g/mol. The normalized spacial score (nSPS) is 11.6. The molecule has 6 heteroatoms. The summed E-state index contributed by atoms with van der Waals surface area (Å²) >= 11 is 0. The third-order valence-corrected chi connectivity index (χ3v) is 3.85. The van der Waals surface area contributed by atoms with Gasteiger partial charge in [-0.25, -0.2) is 9.82 Å². The Bertz CT molecular complexity index is 882. The number of halogens is 1. The lowest BCUT2D eigenvalue weighted by molar-refractivity contribution is 0.0951. The number of nitrogens with one attached hydrogen (secondary N) is 1. The number of aryl methyl sites for hydroxylation is 1. The third-order valence-electron chi connectivity index (χ3n) is 3.85. The van der Waals surface area contributed by atoms with E-state index in [-0.39, 0.29) is 16.7 Å². The number of rotatable bonds is 3. The second-order valence-electron chi connectivity index (χ2n) is 6.84. The molecule has 5 nitrogen and oxygen atoms in total. The van der Waals surface area contributed by atoms with Crippen molar-refractivity contribution in [3.63, 3.8) is 0 Å². The fourth-order valence-corrected chi connectivity index (χ4v) is 2.94. The Morgan fingerprint density at radius 3 is 2.52 bits per heavy atom. The van der Waals surface area contributed by atoms with Crippen LogP contribution in [-0.4, -0.2) is 16.7 Å². The molecule has 1 amide bonds. The molecule has 0 unspecified atom stereocenters. The zero-order valence-corrected chi connectivity index (χ0v) is 15.0. The van der Waals surface area contributed by atoms with Crippen molar-refractivity contribution in [1.29, 1.82) is 5.26 Å². The molecule has 1 heterocycles. The van der Waals surface area contributed by atoms with Crippen molar-refractivity contribution >= 4 is 12.1 Å². The van der Waals surface area contributed by atoms with E-state index >= 15 is 0 Å². The minimum Gasteiger partial charge on any atom is -0.343 e. The predicted molar refractivity (Wildman–Crippen MR) is 95.1 cm³/mol. The fraction of sp³-hybridized carbons (Fsp3) is 0.316. The Kier molecular flexibility index (Phi) is 5.07. The standard InChI is InChI=1S/C19H21FN4O/c1-12-8-15(13(2)24(12)19(3,4)5)11-22-23-18(25)16-7-6-14(10-21)9-17(16)20/h6-9,11H,1-5H3,(H,23,25)/b22-11-. The molecule has 0 atom stereocenters. The molecule has 0 aliphatic heterocycles. The van der Waals surface area contributed by atoms with Crippen molar-refractivity contribution in [3.05, 3.63) is 58.2 Å². The first-order chi connectivity index (χ1) is 11.6. The highest BCUT2D eigenvalue weighted by Crippen LogP contribution is 2.23.